The monoisotopic (exact) mass is 121 g/mol. The first-order chi connectivity index (χ1) is 4.47. The van der Waals surface area contributed by atoms with E-state index in [1.54, 1.807) is 10.9 Å². The minimum absolute atomic E-state index is 0.627. The van der Waals surface area contributed by atoms with Crippen LogP contribution in [0.1, 0.15) is 0 Å². The number of hydrogen-bond donors (Lipinski definition) is 0. The van der Waals surface area contributed by atoms with Crippen LogP contribution < -0.4 is 4.74 Å². The van der Waals surface area contributed by atoms with Crippen molar-refractivity contribution in [2.24, 2.45) is 0 Å². The van der Waals surface area contributed by atoms with Gasteiger partial charge in [-0.3, -0.25) is 0 Å². The first-order valence-electron chi connectivity index (χ1n) is 2.71. The van der Waals surface area contributed by atoms with Crippen LogP contribution in [0.3, 0.4) is 0 Å². The summed E-state index contributed by atoms with van der Waals surface area (Å²) in [6.45, 7) is 0.627. The van der Waals surface area contributed by atoms with E-state index in [0.29, 0.717) is 12.5 Å². The third kappa shape index (κ3) is 0.614. The van der Waals surface area contributed by atoms with Crippen LogP contribution >= 0.6 is 0 Å². The van der Waals surface area contributed by atoms with Crippen molar-refractivity contribution in [2.75, 3.05) is 6.61 Å². The van der Waals surface area contributed by atoms with E-state index in [2.05, 4.69) is 11.2 Å². The second kappa shape index (κ2) is 1.62. The Balaban J connectivity index is 2.53. The summed E-state index contributed by atoms with van der Waals surface area (Å²) < 4.78 is 6.76. The van der Waals surface area contributed by atoms with Gasteiger partial charge in [-0.05, 0) is 6.08 Å². The summed E-state index contributed by atoms with van der Waals surface area (Å²) in [6.07, 6.45) is 5.34. The molecule has 0 saturated heterocycles. The Kier molecular flexibility index (Phi) is 0.828. The van der Waals surface area contributed by atoms with E-state index in [9.17, 15) is 0 Å². The second-order valence-corrected chi connectivity index (χ2v) is 1.73. The van der Waals surface area contributed by atoms with Gasteiger partial charge in [0.2, 0.25) is 5.88 Å². The van der Waals surface area contributed by atoms with Gasteiger partial charge in [-0.25, -0.2) is 4.68 Å². The van der Waals surface area contributed by atoms with Crippen LogP contribution in [0.4, 0.5) is 0 Å². The quantitative estimate of drug-likeness (QED) is 0.501. The Labute approximate surface area is 52.6 Å². The van der Waals surface area contributed by atoms with Crippen molar-refractivity contribution in [3.63, 3.8) is 0 Å². The average Bonchev–Trinajstić information content (AvgIpc) is 2.33. The van der Waals surface area contributed by atoms with Gasteiger partial charge in [0.1, 0.15) is 6.61 Å². The summed E-state index contributed by atoms with van der Waals surface area (Å²) in [4.78, 5) is 0. The summed E-state index contributed by atoms with van der Waals surface area (Å²) in [7, 11) is 0. The molecule has 3 nitrogen and oxygen atoms in total. The van der Waals surface area contributed by atoms with E-state index in [1.807, 2.05) is 12.3 Å². The molecule has 0 unspecified atom stereocenters. The number of rotatable bonds is 0. The van der Waals surface area contributed by atoms with E-state index in [4.69, 9.17) is 4.74 Å². The summed E-state index contributed by atoms with van der Waals surface area (Å²) >= 11 is 0. The summed E-state index contributed by atoms with van der Waals surface area (Å²) in [6, 6.07) is 2.84. The molecule has 0 saturated carbocycles. The predicted molar refractivity (Wildman–Crippen MR) is 31.9 cm³/mol. The van der Waals surface area contributed by atoms with Crippen LogP contribution in [0.5, 0.6) is 5.88 Å². The molecule has 0 atom stereocenters. The molecule has 1 aliphatic rings. The van der Waals surface area contributed by atoms with Crippen LogP contribution in [-0.4, -0.2) is 16.4 Å². The zero-order chi connectivity index (χ0) is 6.10. The molecule has 2 rings (SSSR count). The molecule has 1 radical (unpaired) electrons. The second-order valence-electron chi connectivity index (χ2n) is 1.73. The van der Waals surface area contributed by atoms with E-state index in [1.165, 1.54) is 0 Å². The van der Waals surface area contributed by atoms with Crippen molar-refractivity contribution < 1.29 is 4.74 Å². The highest BCUT2D eigenvalue weighted by Crippen LogP contribution is 2.11. The van der Waals surface area contributed by atoms with Crippen LogP contribution in [0.15, 0.2) is 12.3 Å². The van der Waals surface area contributed by atoms with Crippen molar-refractivity contribution in [3.8, 4) is 5.88 Å². The molecule has 0 bridgehead atoms. The van der Waals surface area contributed by atoms with Crippen molar-refractivity contribution in [2.45, 2.75) is 0 Å². The first-order valence-corrected chi connectivity index (χ1v) is 2.71. The average molecular weight is 121 g/mol. The minimum atomic E-state index is 0.627. The maximum Gasteiger partial charge on any atom is 0.224 e. The van der Waals surface area contributed by atoms with Crippen LogP contribution in [-0.2, 0) is 0 Å². The van der Waals surface area contributed by atoms with E-state index < -0.39 is 0 Å². The number of nitrogens with zero attached hydrogens (tertiary/aromatic N) is 2. The van der Waals surface area contributed by atoms with Crippen LogP contribution in [0.25, 0.3) is 6.20 Å². The molecule has 3 heteroatoms. The molecule has 0 aromatic carbocycles. The zero-order valence-electron chi connectivity index (χ0n) is 4.74. The molecule has 1 aromatic heterocycles. The van der Waals surface area contributed by atoms with Gasteiger partial charge < -0.3 is 4.74 Å². The molecule has 0 amide bonds. The van der Waals surface area contributed by atoms with Gasteiger partial charge in [-0.15, -0.1) is 0 Å². The molecule has 1 aromatic rings. The smallest absolute Gasteiger partial charge is 0.224 e. The third-order valence-electron chi connectivity index (χ3n) is 1.14. The van der Waals surface area contributed by atoms with Gasteiger partial charge in [-0.1, -0.05) is 0 Å². The molecule has 2 heterocycles. The fraction of sp³-hybridized carbons (Fsp3) is 0.167. The lowest BCUT2D eigenvalue weighted by Crippen LogP contribution is -2.04. The molecule has 0 N–H and O–H groups in total. The van der Waals surface area contributed by atoms with Crippen molar-refractivity contribution >= 4 is 6.20 Å². The van der Waals surface area contributed by atoms with Crippen LogP contribution in [0.2, 0.25) is 0 Å². The standard InChI is InChI=1S/C6H5N2O/c1-4-8-6(9-5-1)2-3-7-8/h1,3-4H,5H2. The van der Waals surface area contributed by atoms with Crippen molar-refractivity contribution in [1.29, 1.82) is 0 Å². The Hall–Kier alpha value is -1.25. The van der Waals surface area contributed by atoms with Gasteiger partial charge in [0.05, 0.1) is 12.3 Å². The Morgan fingerprint density at radius 1 is 1.78 bits per heavy atom. The van der Waals surface area contributed by atoms with E-state index in [-0.39, 0.29) is 0 Å². The van der Waals surface area contributed by atoms with E-state index in [0.717, 1.165) is 0 Å². The number of aromatic nitrogens is 2. The van der Waals surface area contributed by atoms with Crippen molar-refractivity contribution in [3.05, 3.63) is 18.3 Å². The molecule has 45 valence electrons. The van der Waals surface area contributed by atoms with Gasteiger partial charge in [0, 0.05) is 6.20 Å². The fourth-order valence-electron chi connectivity index (χ4n) is 0.749. The molecule has 0 fully saturated rings. The lowest BCUT2D eigenvalue weighted by atomic mass is 10.6. The highest BCUT2D eigenvalue weighted by atomic mass is 16.5. The summed E-state index contributed by atoms with van der Waals surface area (Å²) in [5.74, 6) is 0.692. The number of ether oxygens (including phenoxy) is 1. The topological polar surface area (TPSA) is 27.1 Å². The predicted octanol–water partition coefficient (Wildman–Crippen LogP) is 0.546. The van der Waals surface area contributed by atoms with Crippen molar-refractivity contribution in [1.82, 2.24) is 9.78 Å². The number of hydrogen-bond acceptors (Lipinski definition) is 2. The highest BCUT2D eigenvalue weighted by Gasteiger charge is 2.02. The molecule has 0 spiro atoms. The zero-order valence-corrected chi connectivity index (χ0v) is 4.74. The third-order valence-corrected chi connectivity index (χ3v) is 1.14. The first kappa shape index (κ1) is 4.61. The van der Waals surface area contributed by atoms with Gasteiger partial charge in [0.15, 0.2) is 0 Å². The Bertz CT molecular complexity index is 239. The van der Waals surface area contributed by atoms with Gasteiger partial charge >= 0.3 is 0 Å². The largest absolute Gasteiger partial charge is 0.473 e. The minimum Gasteiger partial charge on any atom is -0.473 e. The van der Waals surface area contributed by atoms with Gasteiger partial charge in [0.25, 0.3) is 0 Å². The maximum atomic E-state index is 5.12. The van der Waals surface area contributed by atoms with E-state index >= 15 is 0 Å². The molecular weight excluding hydrogens is 116 g/mol. The highest BCUT2D eigenvalue weighted by molar-refractivity contribution is 5.30. The van der Waals surface area contributed by atoms with Crippen LogP contribution in [0, 0.1) is 6.07 Å². The Morgan fingerprint density at radius 2 is 2.78 bits per heavy atom. The summed E-state index contributed by atoms with van der Waals surface area (Å²) in [5.41, 5.74) is 0. The number of fused-ring (bicyclic) bond motifs is 1. The Morgan fingerprint density at radius 3 is 3.67 bits per heavy atom. The molecule has 1 aliphatic heterocycles. The normalized spacial score (nSPS) is 14.7. The molecule has 9 heavy (non-hydrogen) atoms. The molecular formula is C6H5N2O. The fourth-order valence-corrected chi connectivity index (χ4v) is 0.749. The lowest BCUT2D eigenvalue weighted by Gasteiger charge is -2.06. The van der Waals surface area contributed by atoms with Gasteiger partial charge in [-0.2, -0.15) is 5.10 Å². The lowest BCUT2D eigenvalue weighted by molar-refractivity contribution is 0.330. The SMILES string of the molecule is [c]1cnn2c1OCC=C2. The maximum absolute atomic E-state index is 5.12. The molecule has 0 aliphatic carbocycles. The summed E-state index contributed by atoms with van der Waals surface area (Å²) in [5, 5.41) is 3.91.